The van der Waals surface area contributed by atoms with Crippen LogP contribution in [0, 0.1) is 6.92 Å². The Hall–Kier alpha value is -1.99. The molecule has 22 heavy (non-hydrogen) atoms. The fourth-order valence-electron chi connectivity index (χ4n) is 2.69. The van der Waals surface area contributed by atoms with Gasteiger partial charge >= 0.3 is 7.12 Å². The summed E-state index contributed by atoms with van der Waals surface area (Å²) < 4.78 is 6.92. The molecule has 114 valence electrons. The summed E-state index contributed by atoms with van der Waals surface area (Å²) in [6.07, 6.45) is 1.19. The zero-order valence-corrected chi connectivity index (χ0v) is 12.7. The molecule has 0 spiro atoms. The Morgan fingerprint density at radius 1 is 1.50 bits per heavy atom. The molecule has 3 rings (SSSR count). The number of rotatable bonds is 5. The van der Waals surface area contributed by atoms with Gasteiger partial charge in [-0.15, -0.1) is 5.10 Å². The van der Waals surface area contributed by atoms with Crippen LogP contribution in [0.2, 0.25) is 0 Å². The van der Waals surface area contributed by atoms with Crippen LogP contribution in [0.25, 0.3) is 0 Å². The Labute approximate surface area is 129 Å². The van der Waals surface area contributed by atoms with Gasteiger partial charge in [0.25, 0.3) is 0 Å². The minimum Gasteiger partial charge on any atom is -0.423 e. The minimum atomic E-state index is -0.891. The maximum atomic E-state index is 12.4. The number of nitrogens with zero attached hydrogens (tertiary/aromatic N) is 3. The molecule has 0 aliphatic carbocycles. The zero-order valence-electron chi connectivity index (χ0n) is 12.7. The normalized spacial score (nSPS) is 13.5. The van der Waals surface area contributed by atoms with E-state index in [9.17, 15) is 9.82 Å². The summed E-state index contributed by atoms with van der Waals surface area (Å²) in [5, 5.41) is 17.8. The van der Waals surface area contributed by atoms with E-state index in [1.54, 1.807) is 4.68 Å². The van der Waals surface area contributed by atoms with Gasteiger partial charge in [0.1, 0.15) is 0 Å². The lowest BCUT2D eigenvalue weighted by Crippen LogP contribution is -2.28. The van der Waals surface area contributed by atoms with Gasteiger partial charge in [-0.2, -0.15) is 0 Å². The van der Waals surface area contributed by atoms with Crippen LogP contribution in [0.15, 0.2) is 18.2 Å². The third-order valence-electron chi connectivity index (χ3n) is 3.92. The van der Waals surface area contributed by atoms with Crippen molar-refractivity contribution in [1.29, 1.82) is 0 Å². The standard InChI is InChI=1S/C15H18BN3O3/c1-3-6-19-10(2)15(17-18-19)14(20)8-11-4-5-12-9-22-16(21)13(12)7-11/h4-5,7,21H,3,6,8-9H2,1-2H3. The number of hydrogen-bond donors (Lipinski definition) is 1. The number of carbonyl (C=O) groups excluding carboxylic acids is 1. The zero-order chi connectivity index (χ0) is 15.7. The molecule has 2 aromatic rings. The van der Waals surface area contributed by atoms with Gasteiger partial charge in [-0.05, 0) is 29.9 Å². The van der Waals surface area contributed by atoms with E-state index in [0.717, 1.165) is 35.2 Å². The van der Waals surface area contributed by atoms with E-state index in [2.05, 4.69) is 17.2 Å². The number of fused-ring (bicyclic) bond motifs is 1. The van der Waals surface area contributed by atoms with Crippen molar-refractivity contribution in [3.8, 4) is 0 Å². The Morgan fingerprint density at radius 2 is 2.32 bits per heavy atom. The minimum absolute atomic E-state index is 0.0618. The molecule has 1 N–H and O–H groups in total. The molecule has 0 atom stereocenters. The molecule has 1 aromatic carbocycles. The fraction of sp³-hybridized carbons (Fsp3) is 0.400. The molecule has 0 bridgehead atoms. The van der Waals surface area contributed by atoms with Crippen LogP contribution in [-0.2, 0) is 24.2 Å². The number of aryl methyl sites for hydroxylation is 1. The van der Waals surface area contributed by atoms with Gasteiger partial charge in [0, 0.05) is 13.0 Å². The predicted molar refractivity (Wildman–Crippen MR) is 81.9 cm³/mol. The molecule has 0 amide bonds. The molecule has 0 radical (unpaired) electrons. The Balaban J connectivity index is 1.79. The van der Waals surface area contributed by atoms with Gasteiger partial charge in [0.2, 0.25) is 0 Å². The molecule has 1 aliphatic heterocycles. The van der Waals surface area contributed by atoms with Crippen LogP contribution in [-0.4, -0.2) is 32.9 Å². The quantitative estimate of drug-likeness (QED) is 0.647. The van der Waals surface area contributed by atoms with Crippen molar-refractivity contribution in [1.82, 2.24) is 15.0 Å². The summed E-state index contributed by atoms with van der Waals surface area (Å²) in [6.45, 7) is 5.09. The van der Waals surface area contributed by atoms with E-state index in [1.807, 2.05) is 25.1 Å². The fourth-order valence-corrected chi connectivity index (χ4v) is 2.69. The van der Waals surface area contributed by atoms with Crippen LogP contribution in [0.5, 0.6) is 0 Å². The Bertz CT molecular complexity index is 714. The van der Waals surface area contributed by atoms with Crippen molar-refractivity contribution < 1.29 is 14.5 Å². The maximum Gasteiger partial charge on any atom is 0.491 e. The maximum absolute atomic E-state index is 12.4. The van der Waals surface area contributed by atoms with Gasteiger partial charge in [0.15, 0.2) is 11.5 Å². The van der Waals surface area contributed by atoms with Crippen LogP contribution in [0.3, 0.4) is 0 Å². The van der Waals surface area contributed by atoms with Crippen molar-refractivity contribution >= 4 is 18.4 Å². The predicted octanol–water partition coefficient (Wildman–Crippen LogP) is 0.640. The van der Waals surface area contributed by atoms with E-state index in [1.165, 1.54) is 0 Å². The van der Waals surface area contributed by atoms with Gasteiger partial charge in [0.05, 0.1) is 12.3 Å². The molecule has 0 unspecified atom stereocenters. The van der Waals surface area contributed by atoms with Gasteiger partial charge in [-0.25, -0.2) is 4.68 Å². The average molecular weight is 299 g/mol. The largest absolute Gasteiger partial charge is 0.491 e. The van der Waals surface area contributed by atoms with Crippen LogP contribution < -0.4 is 5.46 Å². The summed E-state index contributed by atoms with van der Waals surface area (Å²) in [5.74, 6) is -0.0618. The van der Waals surface area contributed by atoms with Crippen molar-refractivity contribution in [2.24, 2.45) is 0 Å². The number of aromatic nitrogens is 3. The number of benzene rings is 1. The molecular weight excluding hydrogens is 281 g/mol. The Morgan fingerprint density at radius 3 is 3.09 bits per heavy atom. The molecule has 0 saturated carbocycles. The topological polar surface area (TPSA) is 77.2 Å². The first-order valence-electron chi connectivity index (χ1n) is 7.44. The number of ketones is 1. The number of hydrogen-bond acceptors (Lipinski definition) is 5. The summed E-state index contributed by atoms with van der Waals surface area (Å²) in [7, 11) is -0.891. The summed E-state index contributed by atoms with van der Waals surface area (Å²) >= 11 is 0. The van der Waals surface area contributed by atoms with Crippen molar-refractivity contribution in [3.63, 3.8) is 0 Å². The molecular formula is C15H18BN3O3. The van der Waals surface area contributed by atoms with Crippen LogP contribution >= 0.6 is 0 Å². The highest BCUT2D eigenvalue weighted by Crippen LogP contribution is 2.14. The van der Waals surface area contributed by atoms with E-state index >= 15 is 0 Å². The van der Waals surface area contributed by atoms with E-state index in [4.69, 9.17) is 4.65 Å². The first-order chi connectivity index (χ1) is 10.6. The van der Waals surface area contributed by atoms with Crippen molar-refractivity contribution in [2.45, 2.75) is 39.8 Å². The highest BCUT2D eigenvalue weighted by molar-refractivity contribution is 6.61. The third kappa shape index (κ3) is 2.69. The smallest absolute Gasteiger partial charge is 0.423 e. The lowest BCUT2D eigenvalue weighted by Gasteiger charge is -2.04. The molecule has 7 heteroatoms. The van der Waals surface area contributed by atoms with Gasteiger partial charge in [-0.1, -0.05) is 30.3 Å². The molecule has 1 aliphatic rings. The number of carbonyl (C=O) groups is 1. The second-order valence-corrected chi connectivity index (χ2v) is 5.54. The number of Topliss-reactive ketones (excluding diaryl/α,β-unsaturated/α-hetero) is 1. The highest BCUT2D eigenvalue weighted by Gasteiger charge is 2.27. The second-order valence-electron chi connectivity index (χ2n) is 5.54. The third-order valence-corrected chi connectivity index (χ3v) is 3.92. The lowest BCUT2D eigenvalue weighted by molar-refractivity contribution is 0.0987. The average Bonchev–Trinajstić information content (AvgIpc) is 3.04. The van der Waals surface area contributed by atoms with Crippen molar-refractivity contribution in [2.75, 3.05) is 0 Å². The summed E-state index contributed by atoms with van der Waals surface area (Å²) in [6, 6.07) is 5.62. The van der Waals surface area contributed by atoms with E-state index in [0.29, 0.717) is 12.3 Å². The second kappa shape index (κ2) is 6.02. The lowest BCUT2D eigenvalue weighted by atomic mass is 9.78. The Kier molecular flexibility index (Phi) is 4.09. The first kappa shape index (κ1) is 14.9. The van der Waals surface area contributed by atoms with Gasteiger partial charge in [-0.3, -0.25) is 4.79 Å². The molecule has 0 fully saturated rings. The molecule has 1 aromatic heterocycles. The van der Waals surface area contributed by atoms with Crippen molar-refractivity contribution in [3.05, 3.63) is 40.7 Å². The van der Waals surface area contributed by atoms with Crippen LogP contribution in [0.4, 0.5) is 0 Å². The molecule has 6 nitrogen and oxygen atoms in total. The monoisotopic (exact) mass is 299 g/mol. The highest BCUT2D eigenvalue weighted by atomic mass is 16.5. The van der Waals surface area contributed by atoms with E-state index in [-0.39, 0.29) is 12.2 Å². The molecule has 0 saturated heterocycles. The molecule has 2 heterocycles. The van der Waals surface area contributed by atoms with E-state index < -0.39 is 7.12 Å². The van der Waals surface area contributed by atoms with Gasteiger partial charge < -0.3 is 9.68 Å². The summed E-state index contributed by atoms with van der Waals surface area (Å²) in [5.41, 5.74) is 3.78. The SMILES string of the molecule is CCCn1nnc(C(=O)Cc2ccc3c(c2)B(O)OC3)c1C. The first-order valence-corrected chi connectivity index (χ1v) is 7.44. The summed E-state index contributed by atoms with van der Waals surface area (Å²) in [4.78, 5) is 12.4. The van der Waals surface area contributed by atoms with Crippen LogP contribution in [0.1, 0.15) is 40.7 Å².